The van der Waals surface area contributed by atoms with Crippen LogP contribution in [0.1, 0.15) is 10.7 Å². The maximum absolute atomic E-state index is 12.6. The monoisotopic (exact) mass is 486 g/mol. The van der Waals surface area contributed by atoms with Crippen LogP contribution in [-0.4, -0.2) is 26.4 Å². The number of amides is 1. The van der Waals surface area contributed by atoms with Gasteiger partial charge in [-0.1, -0.05) is 53.3 Å². The molecule has 2 heterocycles. The molecule has 0 aliphatic heterocycles. The molecule has 158 valence electrons. The summed E-state index contributed by atoms with van der Waals surface area (Å²) in [5.74, 6) is 1.05. The van der Waals surface area contributed by atoms with E-state index >= 15 is 0 Å². The van der Waals surface area contributed by atoms with Gasteiger partial charge in [0.05, 0.1) is 11.4 Å². The van der Waals surface area contributed by atoms with Crippen LogP contribution in [-0.2, 0) is 18.3 Å². The van der Waals surface area contributed by atoms with Crippen LogP contribution in [0.25, 0.3) is 0 Å². The lowest BCUT2D eigenvalue weighted by atomic mass is 10.3. The zero-order valence-electron chi connectivity index (χ0n) is 16.6. The summed E-state index contributed by atoms with van der Waals surface area (Å²) in [4.78, 5) is 15.9. The third-order valence-corrected chi connectivity index (χ3v) is 7.60. The number of benzene rings is 2. The molecule has 4 aromatic rings. The molecule has 2 aromatic heterocycles. The van der Waals surface area contributed by atoms with Crippen molar-refractivity contribution in [2.75, 3.05) is 11.1 Å². The maximum Gasteiger partial charge on any atom is 0.234 e. The summed E-state index contributed by atoms with van der Waals surface area (Å²) in [6, 6.07) is 19.5. The van der Waals surface area contributed by atoms with Crippen molar-refractivity contribution in [3.8, 4) is 0 Å². The molecule has 5 nitrogen and oxygen atoms in total. The molecule has 0 aliphatic carbocycles. The van der Waals surface area contributed by atoms with Crippen LogP contribution in [0.5, 0.6) is 0 Å². The van der Waals surface area contributed by atoms with Crippen molar-refractivity contribution in [1.29, 1.82) is 0 Å². The lowest BCUT2D eigenvalue weighted by Gasteiger charge is -2.11. The average molecular weight is 487 g/mol. The smallest absolute Gasteiger partial charge is 0.234 e. The van der Waals surface area contributed by atoms with Crippen molar-refractivity contribution >= 4 is 58.1 Å². The highest BCUT2D eigenvalue weighted by molar-refractivity contribution is 8.00. The second-order valence-electron chi connectivity index (χ2n) is 6.60. The van der Waals surface area contributed by atoms with E-state index in [1.54, 1.807) is 23.1 Å². The average Bonchev–Trinajstić information content (AvgIpc) is 3.40. The molecule has 9 heteroatoms. The van der Waals surface area contributed by atoms with Crippen molar-refractivity contribution in [3.05, 3.63) is 81.8 Å². The van der Waals surface area contributed by atoms with Gasteiger partial charge in [0.2, 0.25) is 5.91 Å². The number of nitrogens with one attached hydrogen (secondary N) is 1. The van der Waals surface area contributed by atoms with Gasteiger partial charge >= 0.3 is 0 Å². The molecule has 31 heavy (non-hydrogen) atoms. The molecule has 0 bridgehead atoms. The summed E-state index contributed by atoms with van der Waals surface area (Å²) in [6.45, 7) is 0. The summed E-state index contributed by atoms with van der Waals surface area (Å²) in [7, 11) is 1.93. The predicted molar refractivity (Wildman–Crippen MR) is 129 cm³/mol. The molecule has 4 rings (SSSR count). The second kappa shape index (κ2) is 10.4. The number of thiophene rings is 1. The minimum absolute atomic E-state index is 0.0861. The highest BCUT2D eigenvalue weighted by atomic mass is 35.5. The highest BCUT2D eigenvalue weighted by Gasteiger charge is 2.13. The van der Waals surface area contributed by atoms with E-state index in [0.717, 1.165) is 32.9 Å². The molecule has 0 radical (unpaired) electrons. The molecule has 0 aliphatic rings. The van der Waals surface area contributed by atoms with Gasteiger partial charge in [0.1, 0.15) is 5.82 Å². The van der Waals surface area contributed by atoms with Crippen molar-refractivity contribution in [2.24, 2.45) is 7.05 Å². The Hall–Kier alpha value is -2.26. The normalized spacial score (nSPS) is 10.9. The summed E-state index contributed by atoms with van der Waals surface area (Å²) < 4.78 is 1.95. The van der Waals surface area contributed by atoms with Gasteiger partial charge in [-0.2, -0.15) is 0 Å². The lowest BCUT2D eigenvalue weighted by molar-refractivity contribution is -0.113. The molecule has 2 aromatic carbocycles. The van der Waals surface area contributed by atoms with E-state index < -0.39 is 0 Å². The quantitative estimate of drug-likeness (QED) is 0.309. The van der Waals surface area contributed by atoms with Gasteiger partial charge in [0.25, 0.3) is 0 Å². The van der Waals surface area contributed by atoms with E-state index in [1.165, 1.54) is 16.6 Å². The first-order valence-electron chi connectivity index (χ1n) is 9.44. The Labute approximate surface area is 198 Å². The molecule has 1 N–H and O–H groups in total. The fourth-order valence-electron chi connectivity index (χ4n) is 2.80. The number of hydrogen-bond donors (Lipinski definition) is 1. The van der Waals surface area contributed by atoms with Crippen molar-refractivity contribution < 1.29 is 4.79 Å². The van der Waals surface area contributed by atoms with Gasteiger partial charge in [0, 0.05) is 33.2 Å². The number of thioether (sulfide) groups is 1. The Morgan fingerprint density at radius 3 is 2.68 bits per heavy atom. The standard InChI is InChI=1S/C22H19ClN4OS3/c1-27-20(13-17-5-4-12-29-17)25-26-22(27)30-14-21(28)24-18-6-2-3-7-19(18)31-16-10-8-15(23)9-11-16/h2-12H,13-14H2,1H3,(H,24,28). The Kier molecular flexibility index (Phi) is 7.34. The van der Waals surface area contributed by atoms with Gasteiger partial charge in [-0.05, 0) is 47.8 Å². The van der Waals surface area contributed by atoms with Crippen LogP contribution in [0.2, 0.25) is 5.02 Å². The SMILES string of the molecule is Cn1c(Cc2cccs2)nnc1SCC(=O)Nc1ccccc1Sc1ccc(Cl)cc1. The molecular formula is C22H19ClN4OS3. The van der Waals surface area contributed by atoms with Crippen molar-refractivity contribution in [3.63, 3.8) is 0 Å². The molecule has 0 fully saturated rings. The molecule has 1 amide bonds. The van der Waals surface area contributed by atoms with Gasteiger partial charge in [-0.3, -0.25) is 4.79 Å². The van der Waals surface area contributed by atoms with E-state index in [0.29, 0.717) is 5.02 Å². The fraction of sp³-hybridized carbons (Fsp3) is 0.136. The van der Waals surface area contributed by atoms with E-state index in [1.807, 2.05) is 66.2 Å². The van der Waals surface area contributed by atoms with Crippen LogP contribution in [0.4, 0.5) is 5.69 Å². The topological polar surface area (TPSA) is 59.8 Å². The van der Waals surface area contributed by atoms with Crippen molar-refractivity contribution in [1.82, 2.24) is 14.8 Å². The van der Waals surface area contributed by atoms with E-state index in [9.17, 15) is 4.79 Å². The number of carbonyl (C=O) groups excluding carboxylic acids is 1. The zero-order chi connectivity index (χ0) is 21.6. The fourth-order valence-corrected chi connectivity index (χ4v) is 5.26. The van der Waals surface area contributed by atoms with Crippen LogP contribution in [0, 0.1) is 0 Å². The number of halogens is 1. The maximum atomic E-state index is 12.6. The highest BCUT2D eigenvalue weighted by Crippen LogP contribution is 2.34. The van der Waals surface area contributed by atoms with Gasteiger partial charge in [-0.15, -0.1) is 21.5 Å². The van der Waals surface area contributed by atoms with Crippen LogP contribution in [0.15, 0.2) is 81.0 Å². The summed E-state index contributed by atoms with van der Waals surface area (Å²) >= 11 is 10.6. The Balaban J connectivity index is 1.36. The third kappa shape index (κ3) is 5.92. The Morgan fingerprint density at radius 1 is 1.10 bits per heavy atom. The first-order chi connectivity index (χ1) is 15.1. The third-order valence-electron chi connectivity index (χ3n) is 4.37. The molecule has 0 spiro atoms. The van der Waals surface area contributed by atoms with Crippen LogP contribution in [0.3, 0.4) is 0 Å². The van der Waals surface area contributed by atoms with Gasteiger partial charge in [-0.25, -0.2) is 0 Å². The second-order valence-corrected chi connectivity index (χ2v) is 10.1. The zero-order valence-corrected chi connectivity index (χ0v) is 19.8. The van der Waals surface area contributed by atoms with Gasteiger partial charge < -0.3 is 9.88 Å². The first-order valence-corrected chi connectivity index (χ1v) is 12.5. The van der Waals surface area contributed by atoms with Crippen LogP contribution < -0.4 is 5.32 Å². The first kappa shape index (κ1) is 22.0. The summed E-state index contributed by atoms with van der Waals surface area (Å²) in [6.07, 6.45) is 0.739. The minimum Gasteiger partial charge on any atom is -0.324 e. The summed E-state index contributed by atoms with van der Waals surface area (Å²) in [5, 5.41) is 15.0. The van der Waals surface area contributed by atoms with Crippen LogP contribution >= 0.6 is 46.5 Å². The predicted octanol–water partition coefficient (Wildman–Crippen LogP) is 6.00. The number of rotatable bonds is 8. The Morgan fingerprint density at radius 2 is 1.90 bits per heavy atom. The summed E-state index contributed by atoms with van der Waals surface area (Å²) in [5.41, 5.74) is 0.782. The van der Waals surface area contributed by atoms with E-state index in [4.69, 9.17) is 11.6 Å². The minimum atomic E-state index is -0.0861. The molecule has 0 saturated carbocycles. The Bertz CT molecular complexity index is 1160. The van der Waals surface area contributed by atoms with Crippen molar-refractivity contribution in [2.45, 2.75) is 21.4 Å². The molecular weight excluding hydrogens is 468 g/mol. The van der Waals surface area contributed by atoms with E-state index in [2.05, 4.69) is 27.0 Å². The molecule has 0 saturated heterocycles. The number of para-hydroxylation sites is 1. The molecule has 0 unspecified atom stereocenters. The number of carbonyl (C=O) groups is 1. The number of nitrogens with zero attached hydrogens (tertiary/aromatic N) is 3. The lowest BCUT2D eigenvalue weighted by Crippen LogP contribution is -2.15. The number of hydrogen-bond acceptors (Lipinski definition) is 6. The largest absolute Gasteiger partial charge is 0.324 e. The molecule has 0 atom stereocenters. The van der Waals surface area contributed by atoms with Gasteiger partial charge in [0.15, 0.2) is 5.16 Å². The number of aromatic nitrogens is 3. The number of anilines is 1. The van der Waals surface area contributed by atoms with E-state index in [-0.39, 0.29) is 11.7 Å².